The van der Waals surface area contributed by atoms with E-state index < -0.39 is 0 Å². The maximum Gasteiger partial charge on any atom is 0.260 e. The van der Waals surface area contributed by atoms with Gasteiger partial charge in [0.15, 0.2) is 6.61 Å². The molecule has 0 saturated carbocycles. The number of ether oxygens (including phenoxy) is 1. The number of amides is 1. The molecule has 0 unspecified atom stereocenters. The van der Waals surface area contributed by atoms with E-state index in [4.69, 9.17) is 14.9 Å². The number of aryl methyl sites for hydroxylation is 1. The molecule has 5 heteroatoms. The number of nitrogens with zero attached hydrogens (tertiary/aromatic N) is 1. The van der Waals surface area contributed by atoms with Crippen LogP contribution in [-0.2, 0) is 11.3 Å². The highest BCUT2D eigenvalue weighted by Crippen LogP contribution is 2.19. The summed E-state index contributed by atoms with van der Waals surface area (Å²) in [6.07, 6.45) is 1.62. The fourth-order valence-electron chi connectivity index (χ4n) is 1.78. The van der Waals surface area contributed by atoms with Crippen molar-refractivity contribution in [2.45, 2.75) is 13.5 Å². The van der Waals surface area contributed by atoms with Gasteiger partial charge in [-0.25, -0.2) is 0 Å². The Morgan fingerprint density at radius 3 is 2.75 bits per heavy atom. The zero-order valence-electron chi connectivity index (χ0n) is 11.6. The van der Waals surface area contributed by atoms with Gasteiger partial charge in [-0.05, 0) is 25.1 Å². The molecular formula is C15H18N2O3. The van der Waals surface area contributed by atoms with Gasteiger partial charge in [-0.3, -0.25) is 4.79 Å². The Hall–Kier alpha value is -2.43. The minimum atomic E-state index is -0.117. The van der Waals surface area contributed by atoms with Gasteiger partial charge in [0.05, 0.1) is 12.0 Å². The molecule has 1 heterocycles. The van der Waals surface area contributed by atoms with E-state index in [1.165, 1.54) is 0 Å². The van der Waals surface area contributed by atoms with Crippen LogP contribution in [0.5, 0.6) is 5.75 Å². The summed E-state index contributed by atoms with van der Waals surface area (Å²) >= 11 is 0. The molecule has 0 aliphatic carbocycles. The van der Waals surface area contributed by atoms with Crippen molar-refractivity contribution in [1.29, 1.82) is 0 Å². The van der Waals surface area contributed by atoms with Gasteiger partial charge in [0.25, 0.3) is 5.91 Å². The van der Waals surface area contributed by atoms with Crippen molar-refractivity contribution in [3.8, 4) is 5.75 Å². The second-order valence-electron chi connectivity index (χ2n) is 4.58. The molecule has 0 saturated heterocycles. The zero-order chi connectivity index (χ0) is 14.5. The van der Waals surface area contributed by atoms with Crippen LogP contribution < -0.4 is 10.5 Å². The monoisotopic (exact) mass is 274 g/mol. The van der Waals surface area contributed by atoms with E-state index in [0.717, 1.165) is 11.3 Å². The Kier molecular flexibility index (Phi) is 4.30. The Bertz CT molecular complexity index is 592. The summed E-state index contributed by atoms with van der Waals surface area (Å²) in [6.45, 7) is 2.32. The molecule has 0 radical (unpaired) electrons. The fourth-order valence-corrected chi connectivity index (χ4v) is 1.78. The van der Waals surface area contributed by atoms with Gasteiger partial charge in [0.2, 0.25) is 0 Å². The molecule has 5 nitrogen and oxygen atoms in total. The molecule has 0 atom stereocenters. The van der Waals surface area contributed by atoms with E-state index in [0.29, 0.717) is 18.0 Å². The first-order valence-electron chi connectivity index (χ1n) is 6.32. The Morgan fingerprint density at radius 1 is 1.35 bits per heavy atom. The van der Waals surface area contributed by atoms with E-state index in [9.17, 15) is 4.79 Å². The first-order valence-corrected chi connectivity index (χ1v) is 6.32. The van der Waals surface area contributed by atoms with E-state index >= 15 is 0 Å². The number of para-hydroxylation sites is 2. The topological polar surface area (TPSA) is 68.7 Å². The van der Waals surface area contributed by atoms with E-state index in [1.807, 2.05) is 25.1 Å². The summed E-state index contributed by atoms with van der Waals surface area (Å²) in [5.41, 5.74) is 7.26. The lowest BCUT2D eigenvalue weighted by molar-refractivity contribution is -0.132. The molecule has 2 rings (SSSR count). The number of furan rings is 1. The molecule has 106 valence electrons. The molecule has 2 N–H and O–H groups in total. The number of rotatable bonds is 5. The summed E-state index contributed by atoms with van der Waals surface area (Å²) in [4.78, 5) is 13.6. The van der Waals surface area contributed by atoms with Crippen LogP contribution in [0.25, 0.3) is 0 Å². The molecule has 0 bridgehead atoms. The minimum absolute atomic E-state index is 0.0401. The van der Waals surface area contributed by atoms with Crippen molar-refractivity contribution in [3.05, 3.63) is 47.9 Å². The second-order valence-corrected chi connectivity index (χ2v) is 4.58. The minimum Gasteiger partial charge on any atom is -0.482 e. The van der Waals surface area contributed by atoms with Crippen LogP contribution in [0.4, 0.5) is 5.69 Å². The highest BCUT2D eigenvalue weighted by Gasteiger charge is 2.13. The Balaban J connectivity index is 1.89. The van der Waals surface area contributed by atoms with E-state index in [1.54, 1.807) is 30.3 Å². The largest absolute Gasteiger partial charge is 0.482 e. The number of likely N-dealkylation sites (N-methyl/N-ethyl adjacent to an activating group) is 1. The number of carbonyl (C=O) groups excluding carboxylic acids is 1. The predicted molar refractivity (Wildman–Crippen MR) is 76.3 cm³/mol. The molecule has 0 aliphatic rings. The number of anilines is 1. The molecule has 1 aromatic carbocycles. The molecule has 1 amide bonds. The Morgan fingerprint density at radius 2 is 2.10 bits per heavy atom. The van der Waals surface area contributed by atoms with Crippen LogP contribution in [-0.4, -0.2) is 24.5 Å². The van der Waals surface area contributed by atoms with Gasteiger partial charge in [0.1, 0.15) is 11.5 Å². The van der Waals surface area contributed by atoms with E-state index in [-0.39, 0.29) is 12.5 Å². The highest BCUT2D eigenvalue weighted by atomic mass is 16.5. The van der Waals surface area contributed by atoms with Gasteiger partial charge >= 0.3 is 0 Å². The van der Waals surface area contributed by atoms with Crippen LogP contribution in [0, 0.1) is 6.92 Å². The summed E-state index contributed by atoms with van der Waals surface area (Å²) in [6, 6.07) is 8.96. The first-order chi connectivity index (χ1) is 9.58. The van der Waals surface area contributed by atoms with Crippen LogP contribution >= 0.6 is 0 Å². The zero-order valence-corrected chi connectivity index (χ0v) is 11.6. The summed E-state index contributed by atoms with van der Waals surface area (Å²) in [5.74, 6) is 1.22. The maximum absolute atomic E-state index is 12.0. The molecule has 0 fully saturated rings. The van der Waals surface area contributed by atoms with Gasteiger partial charge in [-0.1, -0.05) is 12.1 Å². The lowest BCUT2D eigenvalue weighted by Crippen LogP contribution is -2.31. The third-order valence-electron chi connectivity index (χ3n) is 3.07. The molecule has 2 aromatic rings. The molecule has 1 aromatic heterocycles. The lowest BCUT2D eigenvalue weighted by atomic mass is 10.2. The Labute approximate surface area is 117 Å². The first kappa shape index (κ1) is 14.0. The molecular weight excluding hydrogens is 256 g/mol. The standard InChI is InChI=1S/C15H18N2O3/c1-11-12(7-8-19-11)9-17(2)15(18)10-20-14-6-4-3-5-13(14)16/h3-8H,9-10,16H2,1-2H3. The van der Waals surface area contributed by atoms with Crippen LogP contribution in [0.1, 0.15) is 11.3 Å². The average Bonchev–Trinajstić information content (AvgIpc) is 2.83. The van der Waals surface area contributed by atoms with Crippen molar-refractivity contribution in [2.24, 2.45) is 0 Å². The predicted octanol–water partition coefficient (Wildman–Crippen LogP) is 2.21. The average molecular weight is 274 g/mol. The summed E-state index contributed by atoms with van der Waals surface area (Å²) in [7, 11) is 1.73. The van der Waals surface area contributed by atoms with Crippen molar-refractivity contribution in [1.82, 2.24) is 4.90 Å². The van der Waals surface area contributed by atoms with Gasteiger partial charge in [0, 0.05) is 19.2 Å². The molecule has 20 heavy (non-hydrogen) atoms. The van der Waals surface area contributed by atoms with Crippen molar-refractivity contribution in [2.75, 3.05) is 19.4 Å². The lowest BCUT2D eigenvalue weighted by Gasteiger charge is -2.17. The van der Waals surface area contributed by atoms with Gasteiger partial charge in [-0.15, -0.1) is 0 Å². The van der Waals surface area contributed by atoms with Crippen LogP contribution in [0.15, 0.2) is 41.0 Å². The number of benzene rings is 1. The number of hydrogen-bond donors (Lipinski definition) is 1. The second kappa shape index (κ2) is 6.14. The fraction of sp³-hybridized carbons (Fsp3) is 0.267. The molecule has 0 aliphatic heterocycles. The number of hydrogen-bond acceptors (Lipinski definition) is 4. The van der Waals surface area contributed by atoms with Gasteiger partial charge in [-0.2, -0.15) is 0 Å². The van der Waals surface area contributed by atoms with Crippen molar-refractivity contribution >= 4 is 11.6 Å². The third kappa shape index (κ3) is 3.32. The van der Waals surface area contributed by atoms with Crippen LogP contribution in [0.2, 0.25) is 0 Å². The van der Waals surface area contributed by atoms with Crippen molar-refractivity contribution in [3.63, 3.8) is 0 Å². The normalized spacial score (nSPS) is 10.3. The number of carbonyl (C=O) groups is 1. The number of nitrogens with two attached hydrogens (primary N) is 1. The third-order valence-corrected chi connectivity index (χ3v) is 3.07. The number of nitrogen functional groups attached to an aromatic ring is 1. The van der Waals surface area contributed by atoms with Crippen LogP contribution in [0.3, 0.4) is 0 Å². The SMILES string of the molecule is Cc1occc1CN(C)C(=O)COc1ccccc1N. The molecule has 0 spiro atoms. The van der Waals surface area contributed by atoms with Crippen molar-refractivity contribution < 1.29 is 13.9 Å². The summed E-state index contributed by atoms with van der Waals surface area (Å²) < 4.78 is 10.6. The van der Waals surface area contributed by atoms with E-state index in [2.05, 4.69) is 0 Å². The maximum atomic E-state index is 12.0. The smallest absolute Gasteiger partial charge is 0.260 e. The highest BCUT2D eigenvalue weighted by molar-refractivity contribution is 5.77. The van der Waals surface area contributed by atoms with Gasteiger partial charge < -0.3 is 19.8 Å². The quantitative estimate of drug-likeness (QED) is 0.849. The summed E-state index contributed by atoms with van der Waals surface area (Å²) in [5, 5.41) is 0.